The van der Waals surface area contributed by atoms with Gasteiger partial charge >= 0.3 is 0 Å². The number of likely N-dealkylation sites (tertiary alicyclic amines) is 1. The van der Waals surface area contributed by atoms with Crippen LogP contribution in [0.3, 0.4) is 0 Å². The molecule has 20 heavy (non-hydrogen) atoms. The Morgan fingerprint density at radius 3 is 2.70 bits per heavy atom. The molecular weight excluding hydrogens is 272 g/mol. The second-order valence-corrected chi connectivity index (χ2v) is 5.83. The number of nitrogens with zero attached hydrogens (tertiary/aromatic N) is 1. The normalized spacial score (nSPS) is 18.1. The maximum absolute atomic E-state index is 12.2. The van der Waals surface area contributed by atoms with Crippen LogP contribution in [-0.2, 0) is 11.2 Å². The van der Waals surface area contributed by atoms with E-state index in [1.54, 1.807) is 0 Å². The first-order chi connectivity index (χ1) is 9.08. The van der Waals surface area contributed by atoms with Gasteiger partial charge in [0, 0.05) is 25.2 Å². The molecule has 1 atom stereocenters. The van der Waals surface area contributed by atoms with Gasteiger partial charge < -0.3 is 10.6 Å². The highest BCUT2D eigenvalue weighted by atomic mass is 35.5. The van der Waals surface area contributed by atoms with Crippen LogP contribution < -0.4 is 5.73 Å². The molecule has 0 saturated carbocycles. The van der Waals surface area contributed by atoms with Crippen LogP contribution in [0, 0.1) is 11.8 Å². The van der Waals surface area contributed by atoms with E-state index in [-0.39, 0.29) is 18.3 Å². The summed E-state index contributed by atoms with van der Waals surface area (Å²) in [4.78, 5) is 14.2. The number of carbonyl (C=O) groups is 1. The lowest BCUT2D eigenvalue weighted by Gasteiger charge is -2.18. The monoisotopic (exact) mass is 296 g/mol. The highest BCUT2D eigenvalue weighted by molar-refractivity contribution is 5.85. The molecule has 112 valence electrons. The topological polar surface area (TPSA) is 46.3 Å². The highest BCUT2D eigenvalue weighted by Crippen LogP contribution is 2.24. The number of hydrogen-bond acceptors (Lipinski definition) is 2. The number of nitrogens with two attached hydrogens (primary N) is 1. The molecule has 1 aromatic carbocycles. The smallest absolute Gasteiger partial charge is 0.222 e. The van der Waals surface area contributed by atoms with Crippen LogP contribution in [-0.4, -0.2) is 23.9 Å². The average Bonchev–Trinajstić information content (AvgIpc) is 2.87. The molecule has 0 aromatic heterocycles. The van der Waals surface area contributed by atoms with Crippen LogP contribution in [0.4, 0.5) is 5.69 Å². The van der Waals surface area contributed by atoms with Gasteiger partial charge in [-0.2, -0.15) is 0 Å². The van der Waals surface area contributed by atoms with Gasteiger partial charge in [-0.05, 0) is 36.3 Å². The fourth-order valence-electron chi connectivity index (χ4n) is 2.72. The van der Waals surface area contributed by atoms with Gasteiger partial charge in [0.1, 0.15) is 0 Å². The lowest BCUT2D eigenvalue weighted by atomic mass is 9.95. The SMILES string of the molecule is CC(C)C1CCN(C(=O)CCc2ccccc2N)C1.Cl. The summed E-state index contributed by atoms with van der Waals surface area (Å²) in [5.41, 5.74) is 7.76. The van der Waals surface area contributed by atoms with E-state index >= 15 is 0 Å². The van der Waals surface area contributed by atoms with E-state index in [2.05, 4.69) is 13.8 Å². The predicted octanol–water partition coefficient (Wildman–Crippen LogP) is 3.13. The molecule has 1 unspecified atom stereocenters. The first kappa shape index (κ1) is 16.8. The summed E-state index contributed by atoms with van der Waals surface area (Å²) >= 11 is 0. The van der Waals surface area contributed by atoms with Gasteiger partial charge in [-0.15, -0.1) is 12.4 Å². The van der Waals surface area contributed by atoms with E-state index in [0.717, 1.165) is 37.2 Å². The molecule has 0 aliphatic carbocycles. The Labute approximate surface area is 127 Å². The fourth-order valence-corrected chi connectivity index (χ4v) is 2.72. The lowest BCUT2D eigenvalue weighted by Crippen LogP contribution is -2.29. The zero-order chi connectivity index (χ0) is 13.8. The molecule has 4 heteroatoms. The number of carbonyl (C=O) groups excluding carboxylic acids is 1. The van der Waals surface area contributed by atoms with Gasteiger partial charge in [0.05, 0.1) is 0 Å². The number of nitrogen functional groups attached to an aromatic ring is 1. The minimum Gasteiger partial charge on any atom is -0.399 e. The maximum atomic E-state index is 12.2. The highest BCUT2D eigenvalue weighted by Gasteiger charge is 2.27. The van der Waals surface area contributed by atoms with E-state index in [9.17, 15) is 4.79 Å². The summed E-state index contributed by atoms with van der Waals surface area (Å²) in [7, 11) is 0. The van der Waals surface area contributed by atoms with Gasteiger partial charge in [-0.3, -0.25) is 4.79 Å². The zero-order valence-corrected chi connectivity index (χ0v) is 13.2. The third-order valence-corrected chi connectivity index (χ3v) is 4.18. The van der Waals surface area contributed by atoms with E-state index in [0.29, 0.717) is 18.3 Å². The van der Waals surface area contributed by atoms with Gasteiger partial charge in [-0.25, -0.2) is 0 Å². The lowest BCUT2D eigenvalue weighted by molar-refractivity contribution is -0.130. The van der Waals surface area contributed by atoms with Crippen LogP contribution in [0.15, 0.2) is 24.3 Å². The number of benzene rings is 1. The van der Waals surface area contributed by atoms with Crippen LogP contribution in [0.2, 0.25) is 0 Å². The molecule has 1 aliphatic heterocycles. The Balaban J connectivity index is 0.00000200. The summed E-state index contributed by atoms with van der Waals surface area (Å²) in [6.07, 6.45) is 2.46. The third kappa shape index (κ3) is 4.14. The number of aryl methyl sites for hydroxylation is 1. The van der Waals surface area contributed by atoms with E-state index in [1.165, 1.54) is 0 Å². The first-order valence-electron chi connectivity index (χ1n) is 7.19. The average molecular weight is 297 g/mol. The number of anilines is 1. The van der Waals surface area contributed by atoms with Gasteiger partial charge in [-0.1, -0.05) is 32.0 Å². The van der Waals surface area contributed by atoms with E-state index in [1.807, 2.05) is 29.2 Å². The largest absolute Gasteiger partial charge is 0.399 e. The van der Waals surface area contributed by atoms with Gasteiger partial charge in [0.15, 0.2) is 0 Å². The number of hydrogen-bond donors (Lipinski definition) is 1. The molecule has 0 bridgehead atoms. The molecule has 1 aliphatic rings. The van der Waals surface area contributed by atoms with Crippen LogP contribution in [0.25, 0.3) is 0 Å². The summed E-state index contributed by atoms with van der Waals surface area (Å²) in [6.45, 7) is 6.33. The minimum atomic E-state index is 0. The minimum absolute atomic E-state index is 0. The molecule has 1 aromatic rings. The Morgan fingerprint density at radius 2 is 2.10 bits per heavy atom. The van der Waals surface area contributed by atoms with Gasteiger partial charge in [0.2, 0.25) is 5.91 Å². The quantitative estimate of drug-likeness (QED) is 0.868. The van der Waals surface area contributed by atoms with E-state index in [4.69, 9.17) is 5.73 Å². The first-order valence-corrected chi connectivity index (χ1v) is 7.19. The Hall–Kier alpha value is -1.22. The second kappa shape index (κ2) is 7.53. The standard InChI is InChI=1S/C16H24N2O.ClH/c1-12(2)14-9-10-18(11-14)16(19)8-7-13-5-3-4-6-15(13)17;/h3-6,12,14H,7-11,17H2,1-2H3;1H. The van der Waals surface area contributed by atoms with Crippen molar-refractivity contribution in [1.29, 1.82) is 0 Å². The van der Waals surface area contributed by atoms with Crippen LogP contribution in [0.5, 0.6) is 0 Å². The molecule has 1 heterocycles. The van der Waals surface area contributed by atoms with E-state index < -0.39 is 0 Å². The molecule has 3 nitrogen and oxygen atoms in total. The van der Waals surface area contributed by atoms with Crippen molar-refractivity contribution in [2.45, 2.75) is 33.1 Å². The number of halogens is 1. The Kier molecular flexibility index (Phi) is 6.34. The van der Waals surface area contributed by atoms with Crippen molar-refractivity contribution < 1.29 is 4.79 Å². The summed E-state index contributed by atoms with van der Waals surface area (Å²) in [6, 6.07) is 7.79. The summed E-state index contributed by atoms with van der Waals surface area (Å²) in [5, 5.41) is 0. The van der Waals surface area contributed by atoms with Crippen molar-refractivity contribution in [3.63, 3.8) is 0 Å². The third-order valence-electron chi connectivity index (χ3n) is 4.18. The molecule has 0 radical (unpaired) electrons. The number of rotatable bonds is 4. The molecular formula is C16H25ClN2O. The summed E-state index contributed by atoms with van der Waals surface area (Å²) < 4.78 is 0. The maximum Gasteiger partial charge on any atom is 0.222 e. The fraction of sp³-hybridized carbons (Fsp3) is 0.562. The molecule has 2 N–H and O–H groups in total. The molecule has 1 amide bonds. The van der Waals surface area contributed by atoms with Gasteiger partial charge in [0.25, 0.3) is 0 Å². The van der Waals surface area contributed by atoms with Crippen molar-refractivity contribution in [3.8, 4) is 0 Å². The Morgan fingerprint density at radius 1 is 1.40 bits per heavy atom. The van der Waals surface area contributed by atoms with Crippen molar-refractivity contribution >= 4 is 24.0 Å². The number of para-hydroxylation sites is 1. The Bertz CT molecular complexity index is 448. The van der Waals surface area contributed by atoms with Crippen molar-refractivity contribution in [3.05, 3.63) is 29.8 Å². The van der Waals surface area contributed by atoms with Crippen molar-refractivity contribution in [1.82, 2.24) is 4.90 Å². The van der Waals surface area contributed by atoms with Crippen molar-refractivity contribution in [2.75, 3.05) is 18.8 Å². The predicted molar refractivity (Wildman–Crippen MR) is 85.9 cm³/mol. The second-order valence-electron chi connectivity index (χ2n) is 5.83. The van der Waals surface area contributed by atoms with Crippen LogP contribution >= 0.6 is 12.4 Å². The number of amides is 1. The molecule has 0 spiro atoms. The van der Waals surface area contributed by atoms with Crippen molar-refractivity contribution in [2.24, 2.45) is 11.8 Å². The summed E-state index contributed by atoms with van der Waals surface area (Å²) in [5.74, 6) is 1.61. The zero-order valence-electron chi connectivity index (χ0n) is 12.3. The molecule has 1 fully saturated rings. The molecule has 1 saturated heterocycles. The van der Waals surface area contributed by atoms with Crippen LogP contribution in [0.1, 0.15) is 32.3 Å². The molecule has 2 rings (SSSR count).